The van der Waals surface area contributed by atoms with Gasteiger partial charge in [-0.2, -0.15) is 0 Å². The van der Waals surface area contributed by atoms with Crippen LogP contribution in [0.15, 0.2) is 42.5 Å². The number of aryl methyl sites for hydroxylation is 2. The van der Waals surface area contributed by atoms with E-state index in [9.17, 15) is 0 Å². The molecule has 0 aliphatic rings. The van der Waals surface area contributed by atoms with Gasteiger partial charge in [-0.05, 0) is 36.1 Å². The van der Waals surface area contributed by atoms with Crippen LogP contribution in [0.5, 0.6) is 5.75 Å². The molecule has 0 unspecified atom stereocenters. The quantitative estimate of drug-likeness (QED) is 0.879. The summed E-state index contributed by atoms with van der Waals surface area (Å²) in [5.74, 6) is 0.891. The van der Waals surface area contributed by atoms with Crippen LogP contribution < -0.4 is 10.5 Å². The van der Waals surface area contributed by atoms with Crippen molar-refractivity contribution >= 4 is 0 Å². The van der Waals surface area contributed by atoms with E-state index >= 15 is 0 Å². The standard InChI is InChI=1S/C17H21NO2/c1-12-8-15(16(18)10-19)9-13(2)17(12)20-11-14-6-4-3-5-7-14/h3-9,16,19H,10-11,18H2,1-2H3/t16-/m1/s1. The number of ether oxygens (including phenoxy) is 1. The molecule has 0 bridgehead atoms. The molecule has 0 saturated heterocycles. The minimum atomic E-state index is -0.337. The molecule has 2 rings (SSSR count). The average molecular weight is 271 g/mol. The fourth-order valence-corrected chi connectivity index (χ4v) is 2.26. The van der Waals surface area contributed by atoms with Crippen LogP contribution in [-0.2, 0) is 6.61 Å². The smallest absolute Gasteiger partial charge is 0.125 e. The summed E-state index contributed by atoms with van der Waals surface area (Å²) in [5.41, 5.74) is 10.0. The van der Waals surface area contributed by atoms with Gasteiger partial charge in [-0.1, -0.05) is 42.5 Å². The van der Waals surface area contributed by atoms with E-state index in [1.54, 1.807) is 0 Å². The third kappa shape index (κ3) is 3.38. The topological polar surface area (TPSA) is 55.5 Å². The van der Waals surface area contributed by atoms with Crippen LogP contribution in [0.3, 0.4) is 0 Å². The number of nitrogens with two attached hydrogens (primary N) is 1. The molecule has 0 spiro atoms. The van der Waals surface area contributed by atoms with Crippen LogP contribution in [0.2, 0.25) is 0 Å². The molecule has 0 aromatic heterocycles. The van der Waals surface area contributed by atoms with Crippen LogP contribution in [-0.4, -0.2) is 11.7 Å². The normalized spacial score (nSPS) is 12.2. The Labute approximate surface area is 120 Å². The number of hydrogen-bond acceptors (Lipinski definition) is 3. The molecule has 3 N–H and O–H groups in total. The zero-order chi connectivity index (χ0) is 14.5. The molecular weight excluding hydrogens is 250 g/mol. The van der Waals surface area contributed by atoms with Gasteiger partial charge < -0.3 is 15.6 Å². The second-order valence-corrected chi connectivity index (χ2v) is 5.05. The Morgan fingerprint density at radius 3 is 2.25 bits per heavy atom. The van der Waals surface area contributed by atoms with Crippen molar-refractivity contribution in [3.8, 4) is 5.75 Å². The predicted molar refractivity (Wildman–Crippen MR) is 80.7 cm³/mol. The van der Waals surface area contributed by atoms with E-state index in [1.807, 2.05) is 56.3 Å². The van der Waals surface area contributed by atoms with Crippen molar-refractivity contribution in [2.45, 2.75) is 26.5 Å². The van der Waals surface area contributed by atoms with Crippen LogP contribution >= 0.6 is 0 Å². The fourth-order valence-electron chi connectivity index (χ4n) is 2.26. The van der Waals surface area contributed by atoms with E-state index in [4.69, 9.17) is 15.6 Å². The average Bonchev–Trinajstić information content (AvgIpc) is 2.46. The molecular formula is C17H21NO2. The highest BCUT2D eigenvalue weighted by Crippen LogP contribution is 2.27. The lowest BCUT2D eigenvalue weighted by atomic mass is 10.0. The Morgan fingerprint density at radius 2 is 1.70 bits per heavy atom. The zero-order valence-electron chi connectivity index (χ0n) is 12.0. The summed E-state index contributed by atoms with van der Waals surface area (Å²) >= 11 is 0. The van der Waals surface area contributed by atoms with E-state index in [0.717, 1.165) is 28.0 Å². The molecule has 20 heavy (non-hydrogen) atoms. The van der Waals surface area contributed by atoms with E-state index < -0.39 is 0 Å². The number of aliphatic hydroxyl groups is 1. The molecule has 2 aromatic rings. The molecule has 3 nitrogen and oxygen atoms in total. The predicted octanol–water partition coefficient (Wildman–Crippen LogP) is 2.87. The van der Waals surface area contributed by atoms with E-state index in [0.29, 0.717) is 6.61 Å². The minimum absolute atomic E-state index is 0.0525. The second-order valence-electron chi connectivity index (χ2n) is 5.05. The maximum Gasteiger partial charge on any atom is 0.125 e. The molecule has 1 atom stereocenters. The van der Waals surface area contributed by atoms with Gasteiger partial charge in [0.05, 0.1) is 12.6 Å². The van der Waals surface area contributed by atoms with Crippen molar-refractivity contribution in [1.82, 2.24) is 0 Å². The SMILES string of the molecule is Cc1cc([C@H](N)CO)cc(C)c1OCc1ccccc1. The lowest BCUT2D eigenvalue weighted by Gasteiger charge is -2.16. The number of benzene rings is 2. The van der Waals surface area contributed by atoms with E-state index in [2.05, 4.69) is 0 Å². The Morgan fingerprint density at radius 1 is 1.10 bits per heavy atom. The van der Waals surface area contributed by atoms with Crippen molar-refractivity contribution in [2.75, 3.05) is 6.61 Å². The Kier molecular flexibility index (Phi) is 4.77. The van der Waals surface area contributed by atoms with Crippen LogP contribution in [0.1, 0.15) is 28.3 Å². The van der Waals surface area contributed by atoms with Crippen LogP contribution in [0, 0.1) is 13.8 Å². The first kappa shape index (κ1) is 14.6. The van der Waals surface area contributed by atoms with Crippen molar-refractivity contribution in [1.29, 1.82) is 0 Å². The number of aliphatic hydroxyl groups excluding tert-OH is 1. The van der Waals surface area contributed by atoms with Gasteiger partial charge in [0.25, 0.3) is 0 Å². The lowest BCUT2D eigenvalue weighted by molar-refractivity contribution is 0.267. The largest absolute Gasteiger partial charge is 0.488 e. The van der Waals surface area contributed by atoms with Crippen molar-refractivity contribution in [3.63, 3.8) is 0 Å². The van der Waals surface area contributed by atoms with Crippen LogP contribution in [0.4, 0.5) is 0 Å². The van der Waals surface area contributed by atoms with Crippen molar-refractivity contribution < 1.29 is 9.84 Å². The highest BCUT2D eigenvalue weighted by molar-refractivity contribution is 5.44. The minimum Gasteiger partial charge on any atom is -0.488 e. The Bertz CT molecular complexity index is 543. The van der Waals surface area contributed by atoms with Gasteiger partial charge in [0.15, 0.2) is 0 Å². The molecule has 0 fully saturated rings. The van der Waals surface area contributed by atoms with Gasteiger partial charge in [-0.25, -0.2) is 0 Å². The first-order valence-electron chi connectivity index (χ1n) is 6.76. The summed E-state index contributed by atoms with van der Waals surface area (Å²) in [4.78, 5) is 0. The van der Waals surface area contributed by atoms with Gasteiger partial charge in [-0.15, -0.1) is 0 Å². The summed E-state index contributed by atoms with van der Waals surface area (Å²) in [6, 6.07) is 13.7. The molecule has 0 heterocycles. The summed E-state index contributed by atoms with van der Waals surface area (Å²) in [5, 5.41) is 9.14. The highest BCUT2D eigenvalue weighted by atomic mass is 16.5. The fraction of sp³-hybridized carbons (Fsp3) is 0.294. The third-order valence-electron chi connectivity index (χ3n) is 3.33. The maximum atomic E-state index is 9.14. The molecule has 0 aliphatic carbocycles. The summed E-state index contributed by atoms with van der Waals surface area (Å²) in [6.45, 7) is 4.50. The number of hydrogen-bond donors (Lipinski definition) is 2. The molecule has 106 valence electrons. The molecule has 2 aromatic carbocycles. The zero-order valence-corrected chi connectivity index (χ0v) is 12.0. The van der Waals surface area contributed by atoms with Gasteiger partial charge in [-0.3, -0.25) is 0 Å². The monoisotopic (exact) mass is 271 g/mol. The summed E-state index contributed by atoms with van der Waals surface area (Å²) in [7, 11) is 0. The van der Waals surface area contributed by atoms with Crippen molar-refractivity contribution in [2.24, 2.45) is 5.73 Å². The third-order valence-corrected chi connectivity index (χ3v) is 3.33. The highest BCUT2D eigenvalue weighted by Gasteiger charge is 2.11. The molecule has 3 heteroatoms. The van der Waals surface area contributed by atoms with E-state index in [-0.39, 0.29) is 12.6 Å². The van der Waals surface area contributed by atoms with Gasteiger partial charge >= 0.3 is 0 Å². The number of rotatable bonds is 5. The Balaban J connectivity index is 2.16. The first-order chi connectivity index (χ1) is 9.61. The maximum absolute atomic E-state index is 9.14. The molecule has 0 radical (unpaired) electrons. The second kappa shape index (κ2) is 6.55. The summed E-state index contributed by atoms with van der Waals surface area (Å²) < 4.78 is 5.92. The van der Waals surface area contributed by atoms with Crippen LogP contribution in [0.25, 0.3) is 0 Å². The van der Waals surface area contributed by atoms with Gasteiger partial charge in [0.1, 0.15) is 12.4 Å². The van der Waals surface area contributed by atoms with Gasteiger partial charge in [0, 0.05) is 0 Å². The van der Waals surface area contributed by atoms with Gasteiger partial charge in [0.2, 0.25) is 0 Å². The summed E-state index contributed by atoms with van der Waals surface area (Å²) in [6.07, 6.45) is 0. The first-order valence-corrected chi connectivity index (χ1v) is 6.76. The van der Waals surface area contributed by atoms with Crippen molar-refractivity contribution in [3.05, 3.63) is 64.7 Å². The lowest BCUT2D eigenvalue weighted by Crippen LogP contribution is -2.15. The molecule has 0 aliphatic heterocycles. The van der Waals surface area contributed by atoms with E-state index in [1.165, 1.54) is 0 Å². The molecule has 0 saturated carbocycles. The Hall–Kier alpha value is -1.84. The molecule has 0 amide bonds.